The van der Waals surface area contributed by atoms with Gasteiger partial charge in [-0.3, -0.25) is 4.90 Å². The molecular weight excluding hydrogens is 286 g/mol. The third-order valence-corrected chi connectivity index (χ3v) is 5.83. The van der Waals surface area contributed by atoms with E-state index in [1.165, 1.54) is 43.6 Å². The van der Waals surface area contributed by atoms with Gasteiger partial charge in [-0.1, -0.05) is 0 Å². The third kappa shape index (κ3) is 3.24. The van der Waals surface area contributed by atoms with Crippen molar-refractivity contribution in [2.24, 2.45) is 0 Å². The summed E-state index contributed by atoms with van der Waals surface area (Å²) in [6.07, 6.45) is 6.54. The maximum atomic E-state index is 5.85. The quantitative estimate of drug-likeness (QED) is 0.793. The van der Waals surface area contributed by atoms with E-state index in [1.807, 2.05) is 4.68 Å². The third-order valence-electron chi connectivity index (χ3n) is 4.68. The van der Waals surface area contributed by atoms with Crippen LogP contribution in [0.1, 0.15) is 44.0 Å². The molecule has 2 atom stereocenters. The van der Waals surface area contributed by atoms with E-state index in [2.05, 4.69) is 32.2 Å². The summed E-state index contributed by atoms with van der Waals surface area (Å²) in [6.45, 7) is 2.83. The number of thioether (sulfide) groups is 1. The zero-order valence-electron chi connectivity index (χ0n) is 12.4. The van der Waals surface area contributed by atoms with Crippen LogP contribution in [0.5, 0.6) is 0 Å². The maximum Gasteiger partial charge on any atom is 0.165 e. The highest BCUT2D eigenvalue weighted by molar-refractivity contribution is 7.99. The largest absolute Gasteiger partial charge is 0.377 e. The summed E-state index contributed by atoms with van der Waals surface area (Å²) in [5.41, 5.74) is 0. The molecule has 4 rings (SSSR count). The molecule has 21 heavy (non-hydrogen) atoms. The molecule has 6 nitrogen and oxygen atoms in total. The lowest BCUT2D eigenvalue weighted by molar-refractivity contribution is 0.0558. The zero-order valence-corrected chi connectivity index (χ0v) is 13.2. The molecule has 7 heteroatoms. The molecule has 0 N–H and O–H groups in total. The second-order valence-corrected chi connectivity index (χ2v) is 7.50. The fourth-order valence-corrected chi connectivity index (χ4v) is 4.56. The van der Waals surface area contributed by atoms with E-state index in [4.69, 9.17) is 4.74 Å². The smallest absolute Gasteiger partial charge is 0.165 e. The molecule has 0 spiro atoms. The van der Waals surface area contributed by atoms with E-state index < -0.39 is 0 Å². The lowest BCUT2D eigenvalue weighted by atomic mass is 10.1. The molecule has 0 amide bonds. The van der Waals surface area contributed by atoms with Crippen LogP contribution in [0.3, 0.4) is 0 Å². The number of tetrazole rings is 1. The zero-order chi connectivity index (χ0) is 14.1. The maximum absolute atomic E-state index is 5.85. The van der Waals surface area contributed by atoms with Crippen molar-refractivity contribution < 1.29 is 4.74 Å². The van der Waals surface area contributed by atoms with E-state index in [9.17, 15) is 0 Å². The summed E-state index contributed by atoms with van der Waals surface area (Å²) in [5.74, 6) is 3.55. The van der Waals surface area contributed by atoms with Gasteiger partial charge in [0, 0.05) is 24.9 Å². The van der Waals surface area contributed by atoms with Gasteiger partial charge in [0.2, 0.25) is 0 Å². The Labute approximate surface area is 129 Å². The molecule has 0 bridgehead atoms. The van der Waals surface area contributed by atoms with Crippen LogP contribution in [0, 0.1) is 0 Å². The fraction of sp³-hybridized carbons (Fsp3) is 0.929. The van der Waals surface area contributed by atoms with Crippen LogP contribution >= 0.6 is 11.8 Å². The van der Waals surface area contributed by atoms with Crippen LogP contribution in [-0.2, 0) is 11.3 Å². The van der Waals surface area contributed by atoms with Crippen molar-refractivity contribution in [1.29, 1.82) is 0 Å². The summed E-state index contributed by atoms with van der Waals surface area (Å²) >= 11 is 2.06. The Bertz CT molecular complexity index is 466. The van der Waals surface area contributed by atoms with Gasteiger partial charge in [-0.05, 0) is 48.3 Å². The molecule has 0 unspecified atom stereocenters. The standard InChI is InChI=1S/C14H23N5OS/c1-2-13(20-6-1)8-18(12-5-7-21-10-12)9-14-15-16-17-19(14)11-3-4-11/h11-13H,1-10H2/t12-,13+/m1/s1. The Morgan fingerprint density at radius 3 is 2.95 bits per heavy atom. The van der Waals surface area contributed by atoms with E-state index in [0.717, 1.165) is 25.5 Å². The highest BCUT2D eigenvalue weighted by atomic mass is 32.2. The van der Waals surface area contributed by atoms with Gasteiger partial charge in [0.25, 0.3) is 0 Å². The van der Waals surface area contributed by atoms with Crippen molar-refractivity contribution in [3.05, 3.63) is 5.82 Å². The van der Waals surface area contributed by atoms with Gasteiger partial charge in [0.05, 0.1) is 18.7 Å². The summed E-state index contributed by atoms with van der Waals surface area (Å²) in [7, 11) is 0. The SMILES string of the molecule is C1CO[C@H](CN(Cc2nnnn2C2CC2)[C@@H]2CCSC2)C1. The van der Waals surface area contributed by atoms with Crippen molar-refractivity contribution >= 4 is 11.8 Å². The first kappa shape index (κ1) is 14.0. The van der Waals surface area contributed by atoms with Gasteiger partial charge in [-0.25, -0.2) is 4.68 Å². The highest BCUT2D eigenvalue weighted by Gasteiger charge is 2.31. The minimum atomic E-state index is 0.404. The van der Waals surface area contributed by atoms with E-state index in [0.29, 0.717) is 18.2 Å². The minimum Gasteiger partial charge on any atom is -0.377 e. The van der Waals surface area contributed by atoms with Gasteiger partial charge < -0.3 is 4.74 Å². The van der Waals surface area contributed by atoms with Gasteiger partial charge in [-0.15, -0.1) is 5.10 Å². The van der Waals surface area contributed by atoms with Crippen LogP contribution in [-0.4, -0.2) is 61.9 Å². The molecule has 0 radical (unpaired) electrons. The van der Waals surface area contributed by atoms with Crippen LogP contribution in [0.15, 0.2) is 0 Å². The molecule has 116 valence electrons. The van der Waals surface area contributed by atoms with E-state index in [-0.39, 0.29) is 0 Å². The molecule has 1 aliphatic carbocycles. The first-order valence-electron chi connectivity index (χ1n) is 8.10. The Morgan fingerprint density at radius 2 is 2.24 bits per heavy atom. The topological polar surface area (TPSA) is 56.1 Å². The number of nitrogens with zero attached hydrogens (tertiary/aromatic N) is 5. The lowest BCUT2D eigenvalue weighted by Gasteiger charge is -2.29. The summed E-state index contributed by atoms with van der Waals surface area (Å²) in [5, 5.41) is 12.4. The molecule has 0 aromatic carbocycles. The fourth-order valence-electron chi connectivity index (χ4n) is 3.30. The first-order valence-corrected chi connectivity index (χ1v) is 9.26. The van der Waals surface area contributed by atoms with Crippen molar-refractivity contribution in [3.63, 3.8) is 0 Å². The van der Waals surface area contributed by atoms with Crippen molar-refractivity contribution in [2.45, 2.75) is 56.8 Å². The minimum absolute atomic E-state index is 0.404. The number of ether oxygens (including phenoxy) is 1. The highest BCUT2D eigenvalue weighted by Crippen LogP contribution is 2.35. The van der Waals surface area contributed by atoms with Gasteiger partial charge in [0.15, 0.2) is 5.82 Å². The Balaban J connectivity index is 1.46. The second kappa shape index (κ2) is 6.22. The van der Waals surface area contributed by atoms with Crippen LogP contribution in [0.25, 0.3) is 0 Å². The van der Waals surface area contributed by atoms with Crippen LogP contribution < -0.4 is 0 Å². The Kier molecular flexibility index (Phi) is 4.14. The molecule has 1 saturated carbocycles. The van der Waals surface area contributed by atoms with Crippen LogP contribution in [0.2, 0.25) is 0 Å². The number of aromatic nitrogens is 4. The molecule has 3 fully saturated rings. The van der Waals surface area contributed by atoms with Crippen molar-refractivity contribution in [1.82, 2.24) is 25.1 Å². The lowest BCUT2D eigenvalue weighted by Crippen LogP contribution is -2.40. The molecule has 3 aliphatic rings. The monoisotopic (exact) mass is 309 g/mol. The van der Waals surface area contributed by atoms with Gasteiger partial charge in [-0.2, -0.15) is 11.8 Å². The Morgan fingerprint density at radius 1 is 1.29 bits per heavy atom. The molecule has 2 saturated heterocycles. The predicted molar refractivity (Wildman–Crippen MR) is 81.2 cm³/mol. The number of hydrogen-bond acceptors (Lipinski definition) is 6. The molecule has 1 aromatic heterocycles. The molecule has 2 aliphatic heterocycles. The van der Waals surface area contributed by atoms with Crippen molar-refractivity contribution in [3.8, 4) is 0 Å². The summed E-state index contributed by atoms with van der Waals surface area (Å²) in [4.78, 5) is 2.57. The van der Waals surface area contributed by atoms with Crippen molar-refractivity contribution in [2.75, 3.05) is 24.7 Å². The average molecular weight is 309 g/mol. The molecule has 3 heterocycles. The Hall–Kier alpha value is -0.660. The number of rotatable bonds is 6. The summed E-state index contributed by atoms with van der Waals surface area (Å²) in [6, 6.07) is 1.21. The van der Waals surface area contributed by atoms with Gasteiger partial charge >= 0.3 is 0 Å². The van der Waals surface area contributed by atoms with Crippen LogP contribution in [0.4, 0.5) is 0 Å². The average Bonchev–Trinajstić information content (AvgIpc) is 2.94. The van der Waals surface area contributed by atoms with Gasteiger partial charge in [0.1, 0.15) is 0 Å². The summed E-state index contributed by atoms with van der Waals surface area (Å²) < 4.78 is 7.89. The van der Waals surface area contributed by atoms with E-state index >= 15 is 0 Å². The normalized spacial score (nSPS) is 29.6. The predicted octanol–water partition coefficient (Wildman–Crippen LogP) is 1.49. The molecular formula is C14H23N5OS. The first-order chi connectivity index (χ1) is 10.4. The van der Waals surface area contributed by atoms with E-state index in [1.54, 1.807) is 0 Å². The molecule has 1 aromatic rings. The second-order valence-electron chi connectivity index (χ2n) is 6.35. The number of hydrogen-bond donors (Lipinski definition) is 0.